The van der Waals surface area contributed by atoms with Gasteiger partial charge in [-0.15, -0.1) is 5.06 Å². The number of hydrogen-bond acceptors (Lipinski definition) is 6. The number of hydroxylamine groups is 2. The van der Waals surface area contributed by atoms with Crippen LogP contribution in [0.15, 0.2) is 12.3 Å². The highest BCUT2D eigenvalue weighted by Crippen LogP contribution is 2.21. The number of hydrogen-bond donors (Lipinski definition) is 2. The first-order chi connectivity index (χ1) is 14.4. The van der Waals surface area contributed by atoms with Crippen LogP contribution >= 0.6 is 0 Å². The number of nitrogens with zero attached hydrogens (tertiary/aromatic N) is 2. The van der Waals surface area contributed by atoms with E-state index in [-0.39, 0.29) is 50.7 Å². The number of carbonyl (C=O) groups excluding carboxylic acids is 4. The highest BCUT2D eigenvalue weighted by atomic mass is 16.7. The van der Waals surface area contributed by atoms with Gasteiger partial charge in [-0.05, 0) is 39.6 Å². The van der Waals surface area contributed by atoms with Gasteiger partial charge in [0, 0.05) is 34.7 Å². The molecule has 2 fully saturated rings. The van der Waals surface area contributed by atoms with E-state index in [2.05, 4.69) is 17.2 Å². The summed E-state index contributed by atoms with van der Waals surface area (Å²) in [5.41, 5.74) is 0.410. The van der Waals surface area contributed by atoms with Crippen LogP contribution < -0.4 is 10.6 Å². The van der Waals surface area contributed by atoms with Crippen molar-refractivity contribution < 1.29 is 28.1 Å². The lowest BCUT2D eigenvalue weighted by molar-refractivity contribution is -0.186. The molecule has 2 saturated heterocycles. The zero-order valence-electron chi connectivity index (χ0n) is 19.4. The average Bonchev–Trinajstić information content (AvgIpc) is 3.12. The second kappa shape index (κ2) is 10.2. The van der Waals surface area contributed by atoms with Crippen molar-refractivity contribution in [3.63, 3.8) is 0 Å². The van der Waals surface area contributed by atoms with Crippen molar-refractivity contribution >= 4 is 23.7 Å². The molecule has 1 atom stereocenters. The van der Waals surface area contributed by atoms with E-state index in [0.717, 1.165) is 5.06 Å². The first kappa shape index (κ1) is 17.7. The van der Waals surface area contributed by atoms with Gasteiger partial charge in [0.05, 0.1) is 19.5 Å². The predicted molar refractivity (Wildman–Crippen MR) is 101 cm³/mol. The normalized spacial score (nSPS) is 26.0. The molecule has 2 aliphatic heterocycles. The van der Waals surface area contributed by atoms with Gasteiger partial charge in [0.1, 0.15) is 0 Å². The molecular formula is C19H30N4O5. The zero-order valence-corrected chi connectivity index (χ0v) is 16.4. The molecule has 0 aromatic carbocycles. The lowest BCUT2D eigenvalue weighted by atomic mass is 10.2. The third kappa shape index (κ3) is 6.05. The molecule has 0 aliphatic carbocycles. The van der Waals surface area contributed by atoms with Crippen LogP contribution in [-0.2, 0) is 24.0 Å². The van der Waals surface area contributed by atoms with E-state index < -0.39 is 30.2 Å². The summed E-state index contributed by atoms with van der Waals surface area (Å²) in [6.45, 7) is 7.45. The molecule has 0 saturated carbocycles. The fourth-order valence-electron chi connectivity index (χ4n) is 2.89. The Labute approximate surface area is 169 Å². The summed E-state index contributed by atoms with van der Waals surface area (Å²) in [6.07, 6.45) is -1.49. The van der Waals surface area contributed by atoms with E-state index in [0.29, 0.717) is 18.7 Å². The second-order valence-electron chi connectivity index (χ2n) is 6.89. The van der Waals surface area contributed by atoms with Gasteiger partial charge in [0.15, 0.2) is 0 Å². The Balaban J connectivity index is 1.72. The maximum atomic E-state index is 12.6. The molecule has 1 unspecified atom stereocenters. The number of likely N-dealkylation sites (tertiary alicyclic amines) is 1. The van der Waals surface area contributed by atoms with E-state index in [9.17, 15) is 19.2 Å². The number of carbonyl (C=O) groups is 4. The van der Waals surface area contributed by atoms with Crippen molar-refractivity contribution in [3.8, 4) is 0 Å². The van der Waals surface area contributed by atoms with Gasteiger partial charge >= 0.3 is 5.97 Å². The van der Waals surface area contributed by atoms with Crippen LogP contribution in [0.2, 0.25) is 0 Å². The highest BCUT2D eigenvalue weighted by molar-refractivity contribution is 5.83. The Bertz CT molecular complexity index is 745. The van der Waals surface area contributed by atoms with Gasteiger partial charge in [0.25, 0.3) is 5.91 Å². The number of rotatable bonds is 9. The Morgan fingerprint density at radius 2 is 2.00 bits per heavy atom. The molecule has 2 heterocycles. The highest BCUT2D eigenvalue weighted by Gasteiger charge is 2.32. The minimum Gasteiger partial charge on any atom is -0.355 e. The van der Waals surface area contributed by atoms with Crippen molar-refractivity contribution in [2.75, 3.05) is 19.6 Å². The van der Waals surface area contributed by atoms with Gasteiger partial charge in [-0.25, -0.2) is 4.79 Å². The van der Waals surface area contributed by atoms with Gasteiger partial charge in [-0.3, -0.25) is 19.3 Å². The van der Waals surface area contributed by atoms with Gasteiger partial charge < -0.3 is 15.5 Å². The fourth-order valence-corrected chi connectivity index (χ4v) is 2.89. The molecule has 9 heteroatoms. The summed E-state index contributed by atoms with van der Waals surface area (Å²) in [5, 5.41) is 5.86. The maximum absolute atomic E-state index is 12.6. The van der Waals surface area contributed by atoms with Crippen LogP contribution in [0.3, 0.4) is 0 Å². The summed E-state index contributed by atoms with van der Waals surface area (Å²) < 4.78 is 24.6. The fraction of sp³-hybridized carbons (Fsp3) is 0.684. The molecule has 0 radical (unpaired) electrons. The molecule has 2 rings (SSSR count). The zero-order chi connectivity index (χ0) is 23.4. The van der Waals surface area contributed by atoms with E-state index in [1.54, 1.807) is 13.8 Å². The molecule has 0 aromatic rings. The third-order valence-corrected chi connectivity index (χ3v) is 4.39. The van der Waals surface area contributed by atoms with Crippen LogP contribution in [0.25, 0.3) is 0 Å². The SMILES string of the molecule is [2H]C1([2H])CCN(C(C)C)C1([2H])C(=O)NCCC(=O)NCCC(=O)ON1C(=C)CCC1=O. The van der Waals surface area contributed by atoms with Crippen molar-refractivity contribution in [2.45, 2.75) is 64.4 Å². The predicted octanol–water partition coefficient (Wildman–Crippen LogP) is 0.466. The first-order valence-corrected chi connectivity index (χ1v) is 9.43. The van der Waals surface area contributed by atoms with E-state index in [1.165, 1.54) is 4.90 Å². The van der Waals surface area contributed by atoms with Crippen LogP contribution in [0.5, 0.6) is 0 Å². The molecule has 156 valence electrons. The number of amides is 3. The molecule has 0 spiro atoms. The van der Waals surface area contributed by atoms with Gasteiger partial charge in [0.2, 0.25) is 11.8 Å². The van der Waals surface area contributed by atoms with Crippen LogP contribution in [0.1, 0.15) is 56.4 Å². The molecule has 0 aromatic heterocycles. The molecule has 2 N–H and O–H groups in total. The first-order valence-electron chi connectivity index (χ1n) is 10.9. The summed E-state index contributed by atoms with van der Waals surface area (Å²) in [4.78, 5) is 54.3. The van der Waals surface area contributed by atoms with Crippen molar-refractivity contribution in [3.05, 3.63) is 12.3 Å². The summed E-state index contributed by atoms with van der Waals surface area (Å²) in [5.74, 6) is -2.23. The number of nitrogens with one attached hydrogen (secondary N) is 2. The van der Waals surface area contributed by atoms with E-state index in [4.69, 9.17) is 8.95 Å². The number of allylic oxidation sites excluding steroid dienone is 1. The standard InChI is InChI=1S/C19H30N4O5/c1-13(2)22-12-4-5-15(22)19(27)21-10-8-16(24)20-11-9-18(26)28-23-14(3)6-7-17(23)25/h13,15H,3-12H2,1-2H3,(H,20,24)(H,21,27)/i5D2,15D. The lowest BCUT2D eigenvalue weighted by Crippen LogP contribution is -2.46. The van der Waals surface area contributed by atoms with Crippen LogP contribution in [0.4, 0.5) is 0 Å². The van der Waals surface area contributed by atoms with E-state index in [1.807, 2.05) is 0 Å². The summed E-state index contributed by atoms with van der Waals surface area (Å²) in [7, 11) is 0. The quantitative estimate of drug-likeness (QED) is 0.585. The van der Waals surface area contributed by atoms with Crippen molar-refractivity contribution in [1.29, 1.82) is 0 Å². The maximum Gasteiger partial charge on any atom is 0.334 e. The summed E-state index contributed by atoms with van der Waals surface area (Å²) in [6, 6.07) is -2.24. The molecule has 3 amide bonds. The second-order valence-corrected chi connectivity index (χ2v) is 6.89. The lowest BCUT2D eigenvalue weighted by Gasteiger charge is -2.27. The Morgan fingerprint density at radius 3 is 2.64 bits per heavy atom. The molecule has 2 aliphatic rings. The minimum atomic E-state index is -2.06. The topological polar surface area (TPSA) is 108 Å². The Hall–Kier alpha value is -2.42. The van der Waals surface area contributed by atoms with E-state index >= 15 is 0 Å². The third-order valence-electron chi connectivity index (χ3n) is 4.39. The van der Waals surface area contributed by atoms with Crippen molar-refractivity contribution in [1.82, 2.24) is 20.6 Å². The smallest absolute Gasteiger partial charge is 0.334 e. The molecule has 0 bridgehead atoms. The minimum absolute atomic E-state index is 0.00776. The van der Waals surface area contributed by atoms with Crippen molar-refractivity contribution in [2.24, 2.45) is 0 Å². The molecule has 9 nitrogen and oxygen atoms in total. The molecule has 28 heavy (non-hydrogen) atoms. The Morgan fingerprint density at radius 1 is 1.29 bits per heavy atom. The largest absolute Gasteiger partial charge is 0.355 e. The van der Waals surface area contributed by atoms with Gasteiger partial charge in [-0.1, -0.05) is 6.58 Å². The molecular weight excluding hydrogens is 364 g/mol. The van der Waals surface area contributed by atoms with Crippen LogP contribution in [-0.4, -0.2) is 65.3 Å². The van der Waals surface area contributed by atoms with Gasteiger partial charge in [-0.2, -0.15) is 0 Å². The van der Waals surface area contributed by atoms with Crippen LogP contribution in [0, 0.1) is 0 Å². The monoisotopic (exact) mass is 397 g/mol. The average molecular weight is 397 g/mol. The summed E-state index contributed by atoms with van der Waals surface area (Å²) >= 11 is 0. The Kier molecular flexibility index (Phi) is 6.44.